The molecule has 0 fully saturated rings. The van der Waals surface area contributed by atoms with E-state index in [9.17, 15) is 43.2 Å². The van der Waals surface area contributed by atoms with E-state index in [0.717, 1.165) is 161 Å². The first-order valence-electron chi connectivity index (χ1n) is 37.4. The van der Waals surface area contributed by atoms with Crippen LogP contribution in [0.1, 0.15) is 285 Å². The first kappa shape index (κ1) is 93.2. The lowest BCUT2D eigenvalue weighted by Crippen LogP contribution is -2.30. The molecule has 17 nitrogen and oxygen atoms in total. The summed E-state index contributed by atoms with van der Waals surface area (Å²) in [5, 5.41) is 10.6. The van der Waals surface area contributed by atoms with Gasteiger partial charge >= 0.3 is 39.5 Å². The van der Waals surface area contributed by atoms with Crippen molar-refractivity contribution in [3.05, 3.63) is 134 Å². The van der Waals surface area contributed by atoms with Crippen molar-refractivity contribution in [2.24, 2.45) is 0 Å². The molecule has 0 aliphatic rings. The average Bonchev–Trinajstić information content (AvgIpc) is 0.985. The highest BCUT2D eigenvalue weighted by Gasteiger charge is 2.30. The van der Waals surface area contributed by atoms with Crippen LogP contribution in [0.15, 0.2) is 134 Å². The van der Waals surface area contributed by atoms with Crippen LogP contribution in [0.4, 0.5) is 0 Å². The van der Waals surface area contributed by atoms with E-state index >= 15 is 0 Å². The average molecular weight is 1420 g/mol. The Morgan fingerprint density at radius 3 is 0.898 bits per heavy atom. The molecule has 5 atom stereocenters. The van der Waals surface area contributed by atoms with Gasteiger partial charge in [0.25, 0.3) is 0 Å². The van der Waals surface area contributed by atoms with Gasteiger partial charge in [-0.05, 0) is 128 Å². The third kappa shape index (κ3) is 69.7. The molecule has 0 rings (SSSR count). The van der Waals surface area contributed by atoms with Crippen molar-refractivity contribution in [3.8, 4) is 0 Å². The lowest BCUT2D eigenvalue weighted by molar-refractivity contribution is -0.161. The molecule has 0 saturated heterocycles. The molecule has 0 spiro atoms. The van der Waals surface area contributed by atoms with E-state index in [0.29, 0.717) is 32.1 Å². The Balaban J connectivity index is 5.39. The Kier molecular flexibility index (Phi) is 67.2. The van der Waals surface area contributed by atoms with E-state index in [4.69, 9.17) is 37.0 Å². The van der Waals surface area contributed by atoms with E-state index in [2.05, 4.69) is 149 Å². The van der Waals surface area contributed by atoms with Crippen molar-refractivity contribution < 1.29 is 80.2 Å². The second-order valence-corrected chi connectivity index (χ2v) is 27.4. The van der Waals surface area contributed by atoms with Crippen LogP contribution < -0.4 is 0 Å². The molecule has 560 valence electrons. The van der Waals surface area contributed by atoms with Gasteiger partial charge in [-0.3, -0.25) is 37.3 Å². The molecular weight excluding hydrogens is 1280 g/mol. The number of phosphoric acid groups is 2. The maximum absolute atomic E-state index is 13.1. The van der Waals surface area contributed by atoms with Gasteiger partial charge in [-0.25, -0.2) is 9.13 Å². The lowest BCUT2D eigenvalue weighted by Gasteiger charge is -2.21. The molecule has 98 heavy (non-hydrogen) atoms. The van der Waals surface area contributed by atoms with Gasteiger partial charge in [0.05, 0.1) is 26.4 Å². The number of allylic oxidation sites excluding steroid dienone is 22. The van der Waals surface area contributed by atoms with Crippen molar-refractivity contribution in [1.82, 2.24) is 0 Å². The Bertz CT molecular complexity index is 2380. The summed E-state index contributed by atoms with van der Waals surface area (Å²) in [7, 11) is -9.97. The van der Waals surface area contributed by atoms with Crippen LogP contribution in [-0.2, 0) is 65.4 Å². The minimum absolute atomic E-state index is 0.0689. The van der Waals surface area contributed by atoms with Gasteiger partial charge in [0.2, 0.25) is 0 Å². The highest BCUT2D eigenvalue weighted by Crippen LogP contribution is 2.45. The maximum atomic E-state index is 13.1. The SMILES string of the molecule is CC/C=C\C/C=C\C/C=C\C/C=C\C/C=C\CCCC(=O)OCC(COP(=O)(O)OCC(O)COP(=O)(O)OCC(COC(=O)CCCCCC/C=C\C/C=C\C/C=C\C/C=C\CC)OC(=O)CCCCCCC/C=C\C/C=C\CCC)OC(=O)CCCCCCCCCCCCC. The fraction of sp³-hybridized carbons (Fsp3) is 0.671. The minimum atomic E-state index is -4.99. The van der Waals surface area contributed by atoms with Crippen LogP contribution in [-0.4, -0.2) is 96.7 Å². The van der Waals surface area contributed by atoms with Crippen molar-refractivity contribution in [2.45, 2.75) is 303 Å². The summed E-state index contributed by atoms with van der Waals surface area (Å²) in [6, 6.07) is 0. The zero-order chi connectivity index (χ0) is 71.8. The standard InChI is InChI=1S/C79H132O17P2/c1-5-9-13-17-21-25-29-32-34-36-38-41-44-47-51-55-59-63-76(81)89-69-74(95-78(83)65-61-57-53-49-43-28-24-20-16-12-8-4)71-93-97(85,86)91-67-73(80)68-92-98(87,88)94-72-75(96-79(84)66-62-58-54-50-46-40-31-27-23-19-15-11-7-3)70-90-77(82)64-60-56-52-48-45-42-39-37-35-33-30-26-22-18-14-10-6-2/h9-10,13-15,19,21-22,25-27,31-35,38-39,41-42,47,51,73-75,80H,5-8,11-12,16-18,20,23-24,28-30,36-37,40,43-46,48-50,52-72H2,1-4H3,(H,85,86)(H,87,88)/b13-9-,14-10-,19-15-,25-21-,26-22-,31-27-,34-32-,35-33-,41-38-,42-39-,51-47-. The van der Waals surface area contributed by atoms with Crippen LogP contribution in [0.25, 0.3) is 0 Å². The predicted octanol–water partition coefficient (Wildman–Crippen LogP) is 21.3. The van der Waals surface area contributed by atoms with Gasteiger partial charge in [0, 0.05) is 25.7 Å². The zero-order valence-corrected chi connectivity index (χ0v) is 62.7. The van der Waals surface area contributed by atoms with Gasteiger partial charge in [-0.15, -0.1) is 0 Å². The number of carbonyl (C=O) groups excluding carboxylic acids is 4. The topological polar surface area (TPSA) is 237 Å². The number of hydrogen-bond donors (Lipinski definition) is 3. The Labute approximate surface area is 593 Å². The molecule has 0 saturated carbocycles. The Hall–Kier alpha value is -4.80. The number of phosphoric ester groups is 2. The summed E-state index contributed by atoms with van der Waals surface area (Å²) in [4.78, 5) is 72.7. The first-order valence-corrected chi connectivity index (χ1v) is 40.4. The molecule has 0 amide bonds. The third-order valence-corrected chi connectivity index (χ3v) is 17.0. The van der Waals surface area contributed by atoms with E-state index in [1.165, 1.54) is 38.5 Å². The Morgan fingerprint density at radius 1 is 0.296 bits per heavy atom. The van der Waals surface area contributed by atoms with Crippen LogP contribution in [0, 0.1) is 0 Å². The van der Waals surface area contributed by atoms with Gasteiger partial charge in [0.15, 0.2) is 12.2 Å². The molecule has 0 heterocycles. The highest BCUT2D eigenvalue weighted by molar-refractivity contribution is 7.47. The molecule has 0 radical (unpaired) electrons. The number of esters is 4. The van der Waals surface area contributed by atoms with Gasteiger partial charge in [-0.2, -0.15) is 0 Å². The molecule has 5 unspecified atom stereocenters. The summed E-state index contributed by atoms with van der Waals surface area (Å²) >= 11 is 0. The second-order valence-electron chi connectivity index (χ2n) is 24.5. The van der Waals surface area contributed by atoms with Crippen LogP contribution in [0.5, 0.6) is 0 Å². The van der Waals surface area contributed by atoms with E-state index < -0.39 is 97.5 Å². The van der Waals surface area contributed by atoms with Gasteiger partial charge in [-0.1, -0.05) is 264 Å². The highest BCUT2D eigenvalue weighted by atomic mass is 31.2. The fourth-order valence-corrected chi connectivity index (χ4v) is 11.0. The number of aliphatic hydroxyl groups excluding tert-OH is 1. The molecule has 0 aromatic rings. The maximum Gasteiger partial charge on any atom is 0.472 e. The normalized spacial score (nSPS) is 14.7. The van der Waals surface area contributed by atoms with Crippen molar-refractivity contribution >= 4 is 39.5 Å². The number of ether oxygens (including phenoxy) is 4. The van der Waals surface area contributed by atoms with Gasteiger partial charge < -0.3 is 33.8 Å². The zero-order valence-electron chi connectivity index (χ0n) is 60.9. The smallest absolute Gasteiger partial charge is 0.462 e. The molecular formula is C79H132O17P2. The van der Waals surface area contributed by atoms with Crippen molar-refractivity contribution in [3.63, 3.8) is 0 Å². The molecule has 0 aromatic carbocycles. The van der Waals surface area contributed by atoms with E-state index in [-0.39, 0.29) is 25.7 Å². The van der Waals surface area contributed by atoms with E-state index in [1.54, 1.807) is 0 Å². The van der Waals surface area contributed by atoms with Crippen LogP contribution in [0.2, 0.25) is 0 Å². The third-order valence-electron chi connectivity index (χ3n) is 15.1. The predicted molar refractivity (Wildman–Crippen MR) is 399 cm³/mol. The number of unbranched alkanes of at least 4 members (excludes halogenated alkanes) is 21. The fourth-order valence-electron chi connectivity index (χ4n) is 9.46. The number of rotatable bonds is 69. The minimum Gasteiger partial charge on any atom is -0.462 e. The van der Waals surface area contributed by atoms with Crippen molar-refractivity contribution in [1.29, 1.82) is 0 Å². The summed E-state index contributed by atoms with van der Waals surface area (Å²) < 4.78 is 68.3. The Morgan fingerprint density at radius 2 is 0.561 bits per heavy atom. The largest absolute Gasteiger partial charge is 0.472 e. The summed E-state index contributed by atoms with van der Waals surface area (Å²) in [5.41, 5.74) is 0. The van der Waals surface area contributed by atoms with E-state index in [1.807, 2.05) is 12.2 Å². The molecule has 3 N–H and O–H groups in total. The second kappa shape index (κ2) is 70.6. The molecule has 0 bridgehead atoms. The summed E-state index contributed by atoms with van der Waals surface area (Å²) in [6.07, 6.45) is 77.4. The van der Waals surface area contributed by atoms with Crippen LogP contribution in [0.3, 0.4) is 0 Å². The molecule has 0 aliphatic carbocycles. The van der Waals surface area contributed by atoms with Gasteiger partial charge in [0.1, 0.15) is 19.3 Å². The monoisotopic (exact) mass is 1410 g/mol. The lowest BCUT2D eigenvalue weighted by atomic mass is 10.1. The molecule has 19 heteroatoms. The quantitative estimate of drug-likeness (QED) is 0.0169. The number of hydrogen-bond acceptors (Lipinski definition) is 15. The number of aliphatic hydroxyl groups is 1. The van der Waals surface area contributed by atoms with Crippen molar-refractivity contribution in [2.75, 3.05) is 39.6 Å². The number of carbonyl (C=O) groups is 4. The summed E-state index contributed by atoms with van der Waals surface area (Å²) in [5.74, 6) is -2.29. The molecule has 0 aromatic heterocycles. The molecule has 0 aliphatic heterocycles. The first-order chi connectivity index (χ1) is 47.7. The van der Waals surface area contributed by atoms with Crippen LogP contribution >= 0.6 is 15.6 Å². The summed E-state index contributed by atoms with van der Waals surface area (Å²) in [6.45, 7) is 4.45.